The number of benzene rings is 2. The van der Waals surface area contributed by atoms with Crippen molar-refractivity contribution in [3.63, 3.8) is 0 Å². The predicted molar refractivity (Wildman–Crippen MR) is 71.3 cm³/mol. The van der Waals surface area contributed by atoms with E-state index in [1.807, 2.05) is 24.3 Å². The molecule has 2 aromatic heterocycles. The first-order valence-corrected chi connectivity index (χ1v) is 6.05. The lowest BCUT2D eigenvalue weighted by atomic mass is 10.1. The number of para-hydroxylation sites is 1. The van der Waals surface area contributed by atoms with Crippen molar-refractivity contribution in [1.29, 1.82) is 0 Å². The van der Waals surface area contributed by atoms with Crippen LogP contribution in [0.4, 0.5) is 0 Å². The average molecular weight is 278 g/mol. The quantitative estimate of drug-likeness (QED) is 0.452. The monoisotopic (exact) mass is 277 g/mol. The van der Waals surface area contributed by atoms with E-state index >= 15 is 0 Å². The Kier molecular flexibility index (Phi) is 1.93. The second-order valence-electron chi connectivity index (χ2n) is 3.97. The van der Waals surface area contributed by atoms with Gasteiger partial charge in [0.25, 0.3) is 5.35 Å². The molecule has 0 bridgehead atoms. The summed E-state index contributed by atoms with van der Waals surface area (Å²) in [6, 6.07) is 9.36. The molecule has 88 valence electrons. The summed E-state index contributed by atoms with van der Waals surface area (Å²) in [5, 5.41) is 2.37. The van der Waals surface area contributed by atoms with Gasteiger partial charge in [-0.2, -0.15) is 4.98 Å². The first-order valence-electron chi connectivity index (χ1n) is 5.30. The van der Waals surface area contributed by atoms with Crippen molar-refractivity contribution >= 4 is 56.2 Å². The molecule has 0 radical (unpaired) electrons. The van der Waals surface area contributed by atoms with Crippen molar-refractivity contribution in [2.75, 3.05) is 0 Å². The van der Waals surface area contributed by atoms with Gasteiger partial charge in [0.15, 0.2) is 11.2 Å². The Bertz CT molecular complexity index is 907. The zero-order valence-corrected chi connectivity index (χ0v) is 10.4. The van der Waals surface area contributed by atoms with Crippen LogP contribution in [-0.2, 0) is 0 Å². The summed E-state index contributed by atoms with van der Waals surface area (Å²) in [6.07, 6.45) is 0. The molecule has 0 amide bonds. The molecular formula is C13H5Cl2NO2. The molecular weight excluding hydrogens is 273 g/mol. The molecule has 0 fully saturated rings. The number of rotatable bonds is 0. The molecule has 2 aromatic carbocycles. The summed E-state index contributed by atoms with van der Waals surface area (Å²) in [5.74, 6) is 0. The SMILES string of the molecule is Clc1nc2c(cc(Cl)c3oc4ccccc4c32)o1. The number of nitrogens with zero attached hydrogens (tertiary/aromatic N) is 1. The number of hydrogen-bond donors (Lipinski definition) is 0. The lowest BCUT2D eigenvalue weighted by Crippen LogP contribution is -1.73. The van der Waals surface area contributed by atoms with Crippen molar-refractivity contribution < 1.29 is 8.83 Å². The topological polar surface area (TPSA) is 39.2 Å². The van der Waals surface area contributed by atoms with Crippen molar-refractivity contribution in [2.45, 2.75) is 0 Å². The molecule has 0 aliphatic carbocycles. The smallest absolute Gasteiger partial charge is 0.293 e. The van der Waals surface area contributed by atoms with E-state index in [9.17, 15) is 0 Å². The lowest BCUT2D eigenvalue weighted by molar-refractivity contribution is 0.604. The first-order chi connectivity index (χ1) is 8.74. The molecule has 4 aromatic rings. The second kappa shape index (κ2) is 3.40. The summed E-state index contributed by atoms with van der Waals surface area (Å²) >= 11 is 12.0. The Balaban J connectivity index is 2.40. The normalized spacial score (nSPS) is 11.9. The van der Waals surface area contributed by atoms with E-state index in [1.165, 1.54) is 0 Å². The molecule has 0 N–H and O–H groups in total. The van der Waals surface area contributed by atoms with Gasteiger partial charge in [0, 0.05) is 11.5 Å². The van der Waals surface area contributed by atoms with Crippen molar-refractivity contribution in [1.82, 2.24) is 4.98 Å². The van der Waals surface area contributed by atoms with Crippen molar-refractivity contribution in [2.24, 2.45) is 0 Å². The van der Waals surface area contributed by atoms with Gasteiger partial charge in [-0.3, -0.25) is 0 Å². The molecule has 4 rings (SSSR count). The third-order valence-electron chi connectivity index (χ3n) is 2.93. The van der Waals surface area contributed by atoms with E-state index in [4.69, 9.17) is 32.0 Å². The Labute approximate surface area is 111 Å². The molecule has 0 unspecified atom stereocenters. The Hall–Kier alpha value is -1.71. The summed E-state index contributed by atoms with van der Waals surface area (Å²) in [6.45, 7) is 0. The molecule has 18 heavy (non-hydrogen) atoms. The van der Waals surface area contributed by atoms with Crippen LogP contribution >= 0.6 is 23.2 Å². The molecule has 0 aliphatic rings. The first kappa shape index (κ1) is 10.2. The van der Waals surface area contributed by atoms with Gasteiger partial charge in [-0.15, -0.1) is 0 Å². The van der Waals surface area contributed by atoms with E-state index in [2.05, 4.69) is 4.98 Å². The number of halogens is 2. The van der Waals surface area contributed by atoms with Gasteiger partial charge in [0.2, 0.25) is 0 Å². The van der Waals surface area contributed by atoms with Gasteiger partial charge in [-0.1, -0.05) is 29.8 Å². The van der Waals surface area contributed by atoms with Crippen LogP contribution in [0.25, 0.3) is 33.0 Å². The van der Waals surface area contributed by atoms with Crippen molar-refractivity contribution in [3.05, 3.63) is 40.7 Å². The minimum absolute atomic E-state index is 0.0962. The van der Waals surface area contributed by atoms with Gasteiger partial charge in [0.05, 0.1) is 10.4 Å². The number of fused-ring (bicyclic) bond motifs is 5. The Morgan fingerprint density at radius 1 is 1.00 bits per heavy atom. The molecule has 0 atom stereocenters. The molecule has 5 heteroatoms. The second-order valence-corrected chi connectivity index (χ2v) is 4.70. The number of oxazole rings is 1. The highest BCUT2D eigenvalue weighted by atomic mass is 35.5. The van der Waals surface area contributed by atoms with Gasteiger partial charge >= 0.3 is 0 Å². The standard InChI is InChI=1S/C13H5Cl2NO2/c14-7-5-9-11(16-13(15)18-9)10-6-3-1-2-4-8(6)17-12(7)10/h1-5H. The molecule has 3 nitrogen and oxygen atoms in total. The van der Waals surface area contributed by atoms with Crippen LogP contribution < -0.4 is 0 Å². The van der Waals surface area contributed by atoms with Crippen LogP contribution in [0.3, 0.4) is 0 Å². The summed E-state index contributed by atoms with van der Waals surface area (Å²) in [4.78, 5) is 4.18. The average Bonchev–Trinajstić information content (AvgIpc) is 2.89. The van der Waals surface area contributed by atoms with Crippen LogP contribution in [0.15, 0.2) is 39.2 Å². The number of hydrogen-bond acceptors (Lipinski definition) is 3. The number of aromatic nitrogens is 1. The van der Waals surface area contributed by atoms with E-state index < -0.39 is 0 Å². The van der Waals surface area contributed by atoms with Crippen LogP contribution in [0.5, 0.6) is 0 Å². The Morgan fingerprint density at radius 3 is 2.72 bits per heavy atom. The fourth-order valence-corrected chi connectivity index (χ4v) is 2.61. The maximum atomic E-state index is 6.19. The third-order valence-corrected chi connectivity index (χ3v) is 3.38. The zero-order chi connectivity index (χ0) is 12.3. The van der Waals surface area contributed by atoms with Gasteiger partial charge < -0.3 is 8.83 Å². The van der Waals surface area contributed by atoms with E-state index in [-0.39, 0.29) is 5.35 Å². The third kappa shape index (κ3) is 1.23. The zero-order valence-electron chi connectivity index (χ0n) is 8.91. The summed E-state index contributed by atoms with van der Waals surface area (Å²) < 4.78 is 11.0. The summed E-state index contributed by atoms with van der Waals surface area (Å²) in [7, 11) is 0. The molecule has 0 saturated heterocycles. The van der Waals surface area contributed by atoms with E-state index in [0.717, 1.165) is 16.4 Å². The van der Waals surface area contributed by atoms with Gasteiger partial charge in [-0.05, 0) is 17.7 Å². The maximum Gasteiger partial charge on any atom is 0.293 e. The minimum Gasteiger partial charge on any atom is -0.454 e. The van der Waals surface area contributed by atoms with Crippen LogP contribution in [0.2, 0.25) is 10.4 Å². The fraction of sp³-hybridized carbons (Fsp3) is 0. The largest absolute Gasteiger partial charge is 0.454 e. The highest BCUT2D eigenvalue weighted by molar-refractivity contribution is 6.38. The van der Waals surface area contributed by atoms with Gasteiger partial charge in [-0.25, -0.2) is 0 Å². The molecule has 2 heterocycles. The Morgan fingerprint density at radius 2 is 1.83 bits per heavy atom. The molecule has 0 aliphatic heterocycles. The van der Waals surface area contributed by atoms with E-state index in [0.29, 0.717) is 21.7 Å². The lowest BCUT2D eigenvalue weighted by Gasteiger charge is -1.93. The van der Waals surface area contributed by atoms with Crippen LogP contribution in [-0.4, -0.2) is 4.98 Å². The van der Waals surface area contributed by atoms with E-state index in [1.54, 1.807) is 6.07 Å². The van der Waals surface area contributed by atoms with Gasteiger partial charge in [0.1, 0.15) is 11.1 Å². The van der Waals surface area contributed by atoms with Crippen LogP contribution in [0.1, 0.15) is 0 Å². The van der Waals surface area contributed by atoms with Crippen LogP contribution in [0, 0.1) is 0 Å². The summed E-state index contributed by atoms with van der Waals surface area (Å²) in [5.41, 5.74) is 2.60. The predicted octanol–water partition coefficient (Wildman–Crippen LogP) is 5.03. The minimum atomic E-state index is 0.0962. The van der Waals surface area contributed by atoms with Crippen molar-refractivity contribution in [3.8, 4) is 0 Å². The fourth-order valence-electron chi connectivity index (χ4n) is 2.21. The highest BCUT2D eigenvalue weighted by Gasteiger charge is 2.17. The maximum absolute atomic E-state index is 6.19. The number of furan rings is 1. The highest BCUT2D eigenvalue weighted by Crippen LogP contribution is 2.39. The molecule has 0 saturated carbocycles. The molecule has 0 spiro atoms.